The summed E-state index contributed by atoms with van der Waals surface area (Å²) in [6, 6.07) is 17.9. The van der Waals surface area contributed by atoms with Crippen LogP contribution in [-0.2, 0) is 17.6 Å². The van der Waals surface area contributed by atoms with Crippen molar-refractivity contribution in [2.24, 2.45) is 0 Å². The smallest absolute Gasteiger partial charge is 0.252 e. The molecule has 0 radical (unpaired) electrons. The minimum atomic E-state index is -0.959. The molecule has 2 unspecified atom stereocenters. The van der Waals surface area contributed by atoms with Gasteiger partial charge in [0.1, 0.15) is 18.5 Å². The number of carbonyl (C=O) groups is 2. The maximum atomic E-state index is 13.5. The van der Waals surface area contributed by atoms with Gasteiger partial charge in [0.2, 0.25) is 11.9 Å². The Morgan fingerprint density at radius 3 is 2.49 bits per heavy atom. The predicted molar refractivity (Wildman–Crippen MR) is 126 cm³/mol. The van der Waals surface area contributed by atoms with E-state index in [1.165, 1.54) is 23.3 Å². The number of amides is 2. The average Bonchev–Trinajstić information content (AvgIpc) is 3.39. The first-order valence-electron chi connectivity index (χ1n) is 10.7. The summed E-state index contributed by atoms with van der Waals surface area (Å²) in [4.78, 5) is 29.7. The first kappa shape index (κ1) is 24.0. The van der Waals surface area contributed by atoms with Crippen LogP contribution in [0.2, 0.25) is 5.02 Å². The van der Waals surface area contributed by atoms with Crippen molar-refractivity contribution < 1.29 is 14.0 Å². The van der Waals surface area contributed by atoms with E-state index in [9.17, 15) is 14.0 Å². The van der Waals surface area contributed by atoms with E-state index in [0.717, 1.165) is 17.2 Å². The fourth-order valence-corrected chi connectivity index (χ4v) is 3.73. The molecule has 0 aliphatic rings. The normalized spacial score (nSPS) is 12.5. The van der Waals surface area contributed by atoms with Crippen molar-refractivity contribution in [3.8, 4) is 0 Å². The van der Waals surface area contributed by atoms with Gasteiger partial charge >= 0.3 is 0 Å². The standard InChI is InChI=1S/C24H21ClFN7O2/c25-19-8-4-7-17(11-19)13-22(33-15-28-31-32-33)30-24(35)20(12-16-5-2-1-3-6-16)29-23(34)18-9-10-27-21(26)14-18/h1-11,14-15,20,22H,12-13H2,(H,29,34)(H,30,35). The number of hydrogen-bond acceptors (Lipinski definition) is 6. The number of benzene rings is 2. The van der Waals surface area contributed by atoms with Crippen LogP contribution >= 0.6 is 11.6 Å². The highest BCUT2D eigenvalue weighted by molar-refractivity contribution is 6.30. The Morgan fingerprint density at radius 2 is 1.77 bits per heavy atom. The third-order valence-electron chi connectivity index (χ3n) is 5.20. The second kappa shape index (κ2) is 11.3. The monoisotopic (exact) mass is 493 g/mol. The van der Waals surface area contributed by atoms with Gasteiger partial charge in [-0.1, -0.05) is 54.1 Å². The fourth-order valence-electron chi connectivity index (χ4n) is 3.52. The van der Waals surface area contributed by atoms with E-state index in [-0.39, 0.29) is 12.0 Å². The molecule has 2 N–H and O–H groups in total. The maximum Gasteiger partial charge on any atom is 0.252 e. The van der Waals surface area contributed by atoms with Crippen LogP contribution in [0.4, 0.5) is 4.39 Å². The topological polar surface area (TPSA) is 115 Å². The van der Waals surface area contributed by atoms with E-state index in [1.54, 1.807) is 12.1 Å². The number of carbonyl (C=O) groups excluding carboxylic acids is 2. The lowest BCUT2D eigenvalue weighted by Gasteiger charge is -2.23. The van der Waals surface area contributed by atoms with E-state index in [2.05, 4.69) is 31.1 Å². The Balaban J connectivity index is 1.56. The molecule has 0 aliphatic heterocycles. The summed E-state index contributed by atoms with van der Waals surface area (Å²) < 4.78 is 14.9. The molecule has 2 aromatic carbocycles. The highest BCUT2D eigenvalue weighted by Crippen LogP contribution is 2.16. The van der Waals surface area contributed by atoms with Crippen LogP contribution in [0, 0.1) is 5.95 Å². The highest BCUT2D eigenvalue weighted by Gasteiger charge is 2.26. The maximum absolute atomic E-state index is 13.5. The molecular formula is C24H21ClFN7O2. The van der Waals surface area contributed by atoms with Crippen molar-refractivity contribution in [3.63, 3.8) is 0 Å². The average molecular weight is 494 g/mol. The SMILES string of the molecule is O=C(NC(Cc1ccccc1)C(=O)NC(Cc1cccc(Cl)c1)n1cnnn1)c1ccnc(F)c1. The highest BCUT2D eigenvalue weighted by atomic mass is 35.5. The second-order valence-electron chi connectivity index (χ2n) is 7.73. The summed E-state index contributed by atoms with van der Waals surface area (Å²) in [5, 5.41) is 17.4. The Morgan fingerprint density at radius 1 is 0.971 bits per heavy atom. The number of hydrogen-bond donors (Lipinski definition) is 2. The minimum Gasteiger partial charge on any atom is -0.340 e. The van der Waals surface area contributed by atoms with Crippen LogP contribution in [0.1, 0.15) is 27.7 Å². The molecule has 0 saturated carbocycles. The molecule has 0 spiro atoms. The lowest BCUT2D eigenvalue weighted by molar-refractivity contribution is -0.124. The zero-order valence-electron chi connectivity index (χ0n) is 18.4. The van der Waals surface area contributed by atoms with Gasteiger partial charge in [0.25, 0.3) is 5.91 Å². The van der Waals surface area contributed by atoms with Crippen LogP contribution in [-0.4, -0.2) is 43.0 Å². The molecule has 2 amide bonds. The molecule has 11 heteroatoms. The Hall–Kier alpha value is -4.18. The number of aromatic nitrogens is 5. The molecule has 4 aromatic rings. The molecule has 9 nitrogen and oxygen atoms in total. The van der Waals surface area contributed by atoms with Gasteiger partial charge in [-0.3, -0.25) is 9.59 Å². The molecule has 0 aliphatic carbocycles. The number of rotatable bonds is 9. The molecule has 0 saturated heterocycles. The second-order valence-corrected chi connectivity index (χ2v) is 8.17. The third kappa shape index (κ3) is 6.67. The van der Waals surface area contributed by atoms with E-state index in [4.69, 9.17) is 11.6 Å². The Labute approximate surface area is 205 Å². The van der Waals surface area contributed by atoms with Crippen molar-refractivity contribution in [2.45, 2.75) is 25.0 Å². The Kier molecular flexibility index (Phi) is 7.74. The van der Waals surface area contributed by atoms with E-state index >= 15 is 0 Å². The number of pyridine rings is 1. The summed E-state index contributed by atoms with van der Waals surface area (Å²) in [5.41, 5.74) is 1.75. The number of nitrogens with zero attached hydrogens (tertiary/aromatic N) is 5. The number of nitrogens with one attached hydrogen (secondary N) is 2. The molecule has 0 bridgehead atoms. The van der Waals surface area contributed by atoms with Gasteiger partial charge in [-0.25, -0.2) is 9.67 Å². The van der Waals surface area contributed by atoms with Gasteiger partial charge in [0, 0.05) is 35.7 Å². The lowest BCUT2D eigenvalue weighted by atomic mass is 10.0. The van der Waals surface area contributed by atoms with Gasteiger partial charge in [-0.15, -0.1) is 5.10 Å². The molecular weight excluding hydrogens is 473 g/mol. The molecule has 0 fully saturated rings. The first-order valence-corrected chi connectivity index (χ1v) is 11.1. The van der Waals surface area contributed by atoms with Crippen LogP contribution in [0.25, 0.3) is 0 Å². The van der Waals surface area contributed by atoms with E-state index in [1.807, 2.05) is 42.5 Å². The van der Waals surface area contributed by atoms with Crippen molar-refractivity contribution in [1.29, 1.82) is 0 Å². The van der Waals surface area contributed by atoms with Crippen molar-refractivity contribution in [2.75, 3.05) is 0 Å². The van der Waals surface area contributed by atoms with Gasteiger partial charge < -0.3 is 10.6 Å². The summed E-state index contributed by atoms with van der Waals surface area (Å²) in [6.45, 7) is 0. The van der Waals surface area contributed by atoms with E-state index in [0.29, 0.717) is 11.4 Å². The van der Waals surface area contributed by atoms with Gasteiger partial charge in [-0.2, -0.15) is 4.39 Å². The zero-order valence-corrected chi connectivity index (χ0v) is 19.1. The Bertz CT molecular complexity index is 1290. The molecule has 35 heavy (non-hydrogen) atoms. The summed E-state index contributed by atoms with van der Waals surface area (Å²) in [7, 11) is 0. The first-order chi connectivity index (χ1) is 17.0. The zero-order chi connectivity index (χ0) is 24.6. The number of halogens is 2. The van der Waals surface area contributed by atoms with Crippen LogP contribution in [0.5, 0.6) is 0 Å². The lowest BCUT2D eigenvalue weighted by Crippen LogP contribution is -2.50. The predicted octanol–water partition coefficient (Wildman–Crippen LogP) is 2.76. The molecule has 2 aromatic heterocycles. The van der Waals surface area contributed by atoms with Crippen molar-refractivity contribution in [3.05, 3.63) is 107 Å². The molecule has 178 valence electrons. The fraction of sp³-hybridized carbons (Fsp3) is 0.167. The van der Waals surface area contributed by atoms with Crippen molar-refractivity contribution >= 4 is 23.4 Å². The van der Waals surface area contributed by atoms with Gasteiger partial charge in [0.15, 0.2) is 0 Å². The van der Waals surface area contributed by atoms with Crippen LogP contribution < -0.4 is 10.6 Å². The summed E-state index contributed by atoms with van der Waals surface area (Å²) in [6.07, 6.45) is 2.49. The third-order valence-corrected chi connectivity index (χ3v) is 5.44. The van der Waals surface area contributed by atoms with Crippen molar-refractivity contribution in [1.82, 2.24) is 35.8 Å². The van der Waals surface area contributed by atoms with Gasteiger partial charge in [0.05, 0.1) is 0 Å². The molecule has 2 atom stereocenters. The van der Waals surface area contributed by atoms with Gasteiger partial charge in [-0.05, 0) is 39.8 Å². The summed E-state index contributed by atoms with van der Waals surface area (Å²) >= 11 is 6.11. The van der Waals surface area contributed by atoms with Crippen LogP contribution in [0.3, 0.4) is 0 Å². The van der Waals surface area contributed by atoms with E-state index < -0.39 is 30.0 Å². The summed E-state index contributed by atoms with van der Waals surface area (Å²) in [5.74, 6) is -1.85. The quantitative estimate of drug-likeness (QED) is 0.346. The largest absolute Gasteiger partial charge is 0.340 e. The minimum absolute atomic E-state index is 0.0549. The molecule has 2 heterocycles. The van der Waals surface area contributed by atoms with Crippen LogP contribution in [0.15, 0.2) is 79.3 Å². The molecule has 4 rings (SSSR count). The number of tetrazole rings is 1.